The number of nitrogens with zero attached hydrogens (tertiary/aromatic N) is 2. The normalized spacial score (nSPS) is 23.6. The smallest absolute Gasteiger partial charge is 0.266 e. The summed E-state index contributed by atoms with van der Waals surface area (Å²) in [4.78, 5) is 33.9. The highest BCUT2D eigenvalue weighted by Crippen LogP contribution is 2.47. The van der Waals surface area contributed by atoms with Gasteiger partial charge >= 0.3 is 0 Å². The van der Waals surface area contributed by atoms with Gasteiger partial charge in [0.05, 0.1) is 17.4 Å². The van der Waals surface area contributed by atoms with E-state index in [1.807, 2.05) is 60.7 Å². The lowest BCUT2D eigenvalue weighted by Crippen LogP contribution is -2.37. The Morgan fingerprint density at radius 2 is 1.34 bits per heavy atom. The van der Waals surface area contributed by atoms with Crippen LogP contribution in [-0.4, -0.2) is 17.9 Å². The zero-order valence-electron chi connectivity index (χ0n) is 15.3. The van der Waals surface area contributed by atoms with Gasteiger partial charge in [0.2, 0.25) is 5.91 Å². The zero-order chi connectivity index (χ0) is 20.0. The van der Waals surface area contributed by atoms with Gasteiger partial charge in [-0.1, -0.05) is 60.1 Å². The van der Waals surface area contributed by atoms with Crippen molar-refractivity contribution in [3.05, 3.63) is 95.5 Å². The van der Waals surface area contributed by atoms with Crippen molar-refractivity contribution in [2.45, 2.75) is 12.1 Å². The number of imide groups is 1. The van der Waals surface area contributed by atoms with Crippen LogP contribution in [0.3, 0.4) is 0 Å². The first-order chi connectivity index (χ1) is 14.1. The number of carbonyl (C=O) groups is 2. The predicted octanol–water partition coefficient (Wildman–Crippen LogP) is 4.39. The predicted molar refractivity (Wildman–Crippen MR) is 110 cm³/mol. The monoisotopic (exact) mass is 404 g/mol. The maximum absolute atomic E-state index is 13.4. The summed E-state index contributed by atoms with van der Waals surface area (Å²) in [6.45, 7) is 0. The molecule has 144 valence electrons. The lowest BCUT2D eigenvalue weighted by Gasteiger charge is -2.28. The molecule has 2 amide bonds. The summed E-state index contributed by atoms with van der Waals surface area (Å²) in [7, 11) is 0. The van der Waals surface area contributed by atoms with Crippen LogP contribution in [0.4, 0.5) is 11.4 Å². The standard InChI is InChI=1S/C23H17ClN2O3/c24-16-11-13-17(14-12-16)25-22(27)19-20(15-7-3-1-4-8-15)26(29-21(19)23(25)28)18-9-5-2-6-10-18/h1-14,19-21H/t19-,20+,21+/m0/s1. The minimum absolute atomic E-state index is 0.269. The molecule has 0 unspecified atom stereocenters. The fourth-order valence-corrected chi connectivity index (χ4v) is 4.17. The van der Waals surface area contributed by atoms with E-state index >= 15 is 0 Å². The van der Waals surface area contributed by atoms with Crippen LogP contribution in [0.5, 0.6) is 0 Å². The molecule has 0 radical (unpaired) electrons. The van der Waals surface area contributed by atoms with Gasteiger partial charge in [-0.25, -0.2) is 9.96 Å². The summed E-state index contributed by atoms with van der Waals surface area (Å²) in [6, 6.07) is 25.5. The quantitative estimate of drug-likeness (QED) is 0.607. The zero-order valence-corrected chi connectivity index (χ0v) is 16.1. The number of para-hydroxylation sites is 1. The average Bonchev–Trinajstić information content (AvgIpc) is 3.27. The molecule has 0 aromatic heterocycles. The fraction of sp³-hybridized carbons (Fsp3) is 0.130. The highest BCUT2D eigenvalue weighted by atomic mass is 35.5. The molecule has 3 aromatic carbocycles. The Hall–Kier alpha value is -3.15. The van der Waals surface area contributed by atoms with Crippen LogP contribution in [0.2, 0.25) is 5.02 Å². The first-order valence-electron chi connectivity index (χ1n) is 9.34. The number of rotatable bonds is 3. The number of hydroxylamine groups is 1. The molecule has 2 aliphatic rings. The van der Waals surface area contributed by atoms with Gasteiger partial charge in [-0.2, -0.15) is 0 Å². The van der Waals surface area contributed by atoms with Gasteiger partial charge in [0, 0.05) is 5.02 Å². The fourth-order valence-electron chi connectivity index (χ4n) is 4.05. The minimum atomic E-state index is -0.872. The summed E-state index contributed by atoms with van der Waals surface area (Å²) >= 11 is 5.96. The van der Waals surface area contributed by atoms with Crippen LogP contribution in [0.15, 0.2) is 84.9 Å². The molecule has 29 heavy (non-hydrogen) atoms. The molecule has 0 saturated carbocycles. The number of anilines is 2. The number of halogens is 1. The Bertz CT molecular complexity index is 1060. The number of hydrogen-bond acceptors (Lipinski definition) is 4. The Balaban J connectivity index is 1.58. The van der Waals surface area contributed by atoms with E-state index < -0.39 is 18.1 Å². The van der Waals surface area contributed by atoms with Gasteiger partial charge in [-0.3, -0.25) is 14.4 Å². The van der Waals surface area contributed by atoms with E-state index in [1.54, 1.807) is 29.3 Å². The van der Waals surface area contributed by atoms with E-state index in [2.05, 4.69) is 0 Å². The molecule has 0 spiro atoms. The number of fused-ring (bicyclic) bond motifs is 1. The Kier molecular flexibility index (Phi) is 4.34. The maximum Gasteiger partial charge on any atom is 0.266 e. The van der Waals surface area contributed by atoms with Crippen LogP contribution in [0.25, 0.3) is 0 Å². The molecular weight excluding hydrogens is 388 g/mol. The third kappa shape index (κ3) is 2.90. The summed E-state index contributed by atoms with van der Waals surface area (Å²) < 4.78 is 0. The van der Waals surface area contributed by atoms with Crippen LogP contribution in [0, 0.1) is 5.92 Å². The topological polar surface area (TPSA) is 49.9 Å². The molecule has 0 N–H and O–H groups in total. The van der Waals surface area contributed by atoms with E-state index in [-0.39, 0.29) is 11.8 Å². The SMILES string of the molecule is O=C1[C@H]2[C@@H](c3ccccc3)N(c3ccccc3)O[C@H]2C(=O)N1c1ccc(Cl)cc1. The van der Waals surface area contributed by atoms with Gasteiger partial charge < -0.3 is 0 Å². The van der Waals surface area contributed by atoms with E-state index in [9.17, 15) is 9.59 Å². The van der Waals surface area contributed by atoms with Crippen molar-refractivity contribution in [1.82, 2.24) is 0 Å². The van der Waals surface area contributed by atoms with Crippen LogP contribution < -0.4 is 9.96 Å². The molecule has 3 aromatic rings. The molecule has 5 rings (SSSR count). The van der Waals surface area contributed by atoms with Crippen molar-refractivity contribution in [3.8, 4) is 0 Å². The van der Waals surface area contributed by atoms with Gasteiger partial charge in [-0.15, -0.1) is 0 Å². The molecule has 2 saturated heterocycles. The van der Waals surface area contributed by atoms with Crippen molar-refractivity contribution in [2.24, 2.45) is 5.92 Å². The van der Waals surface area contributed by atoms with Crippen molar-refractivity contribution in [2.75, 3.05) is 9.96 Å². The third-order valence-electron chi connectivity index (χ3n) is 5.35. The van der Waals surface area contributed by atoms with Gasteiger partial charge in [0.15, 0.2) is 6.10 Å². The van der Waals surface area contributed by atoms with E-state index in [4.69, 9.17) is 16.4 Å². The highest BCUT2D eigenvalue weighted by molar-refractivity contribution is 6.31. The summed E-state index contributed by atoms with van der Waals surface area (Å²) in [5.74, 6) is -1.27. The molecule has 6 heteroatoms. The van der Waals surface area contributed by atoms with Crippen LogP contribution in [-0.2, 0) is 14.4 Å². The lowest BCUT2D eigenvalue weighted by atomic mass is 9.90. The summed E-state index contributed by atoms with van der Waals surface area (Å²) in [5, 5.41) is 2.24. The summed E-state index contributed by atoms with van der Waals surface area (Å²) in [6.07, 6.45) is -0.872. The molecule has 0 bridgehead atoms. The lowest BCUT2D eigenvalue weighted by molar-refractivity contribution is -0.126. The molecule has 2 aliphatic heterocycles. The van der Waals surface area contributed by atoms with E-state index in [0.717, 1.165) is 11.3 Å². The first kappa shape index (κ1) is 17.9. The van der Waals surface area contributed by atoms with Crippen LogP contribution >= 0.6 is 11.6 Å². The maximum atomic E-state index is 13.4. The van der Waals surface area contributed by atoms with Gasteiger partial charge in [-0.05, 0) is 42.0 Å². The van der Waals surface area contributed by atoms with E-state index in [0.29, 0.717) is 10.7 Å². The van der Waals surface area contributed by atoms with Crippen molar-refractivity contribution in [1.29, 1.82) is 0 Å². The second kappa shape index (κ2) is 7.03. The van der Waals surface area contributed by atoms with Crippen molar-refractivity contribution < 1.29 is 14.4 Å². The highest BCUT2D eigenvalue weighted by Gasteiger charge is 2.60. The number of amides is 2. The molecule has 2 fully saturated rings. The van der Waals surface area contributed by atoms with Gasteiger partial charge in [0.1, 0.15) is 5.92 Å². The Labute approximate surface area is 173 Å². The number of hydrogen-bond donors (Lipinski definition) is 0. The number of carbonyl (C=O) groups excluding carboxylic acids is 2. The summed E-state index contributed by atoms with van der Waals surface area (Å²) in [5.41, 5.74) is 2.22. The van der Waals surface area contributed by atoms with Crippen molar-refractivity contribution in [3.63, 3.8) is 0 Å². The third-order valence-corrected chi connectivity index (χ3v) is 5.60. The second-order valence-corrected chi connectivity index (χ2v) is 7.49. The Morgan fingerprint density at radius 3 is 2.00 bits per heavy atom. The second-order valence-electron chi connectivity index (χ2n) is 7.06. The number of benzene rings is 3. The largest absolute Gasteiger partial charge is 0.273 e. The molecule has 2 heterocycles. The molecule has 5 nitrogen and oxygen atoms in total. The molecule has 3 atom stereocenters. The minimum Gasteiger partial charge on any atom is -0.273 e. The first-order valence-corrected chi connectivity index (χ1v) is 9.72. The van der Waals surface area contributed by atoms with Crippen LogP contribution in [0.1, 0.15) is 11.6 Å². The average molecular weight is 405 g/mol. The van der Waals surface area contributed by atoms with E-state index in [1.165, 1.54) is 4.90 Å². The van der Waals surface area contributed by atoms with Gasteiger partial charge in [0.25, 0.3) is 5.91 Å². The molecule has 0 aliphatic carbocycles. The molecular formula is C23H17ClN2O3. The van der Waals surface area contributed by atoms with Crippen molar-refractivity contribution >= 4 is 34.8 Å². The Morgan fingerprint density at radius 1 is 0.724 bits per heavy atom.